The molecule has 0 aromatic carbocycles. The van der Waals surface area contributed by atoms with Gasteiger partial charge in [0.1, 0.15) is 18.1 Å². The van der Waals surface area contributed by atoms with Crippen LogP contribution in [0.3, 0.4) is 0 Å². The summed E-state index contributed by atoms with van der Waals surface area (Å²) >= 11 is 0. The van der Waals surface area contributed by atoms with Crippen molar-refractivity contribution in [3.05, 3.63) is 40.7 Å². The molecule has 0 bridgehead atoms. The summed E-state index contributed by atoms with van der Waals surface area (Å²) in [5, 5.41) is 13.0. The lowest BCUT2D eigenvalue weighted by Gasteiger charge is -2.03. The van der Waals surface area contributed by atoms with Crippen LogP contribution < -0.4 is 0 Å². The van der Waals surface area contributed by atoms with Gasteiger partial charge in [-0.2, -0.15) is 5.10 Å². The monoisotopic (exact) mass is 327 g/mol. The van der Waals surface area contributed by atoms with Crippen LogP contribution in [0.2, 0.25) is 0 Å². The summed E-state index contributed by atoms with van der Waals surface area (Å²) in [6.45, 7) is 8.04. The number of carboxylic acid groups (broad SMARTS) is 1. The number of rotatable bonds is 6. The van der Waals surface area contributed by atoms with Gasteiger partial charge in [0.15, 0.2) is 5.78 Å². The quantitative estimate of drug-likeness (QED) is 0.639. The molecule has 0 aliphatic carbocycles. The summed E-state index contributed by atoms with van der Waals surface area (Å²) < 4.78 is 1.28. The molecule has 0 unspecified atom stereocenters. The van der Waals surface area contributed by atoms with Crippen LogP contribution in [0.5, 0.6) is 0 Å². The number of aromatic nitrogens is 4. The van der Waals surface area contributed by atoms with Crippen molar-refractivity contribution >= 4 is 30.2 Å². The number of hydrogen-bond acceptors (Lipinski definition) is 6. The fraction of sp³-hybridized carbons (Fsp3) is 0.250. The van der Waals surface area contributed by atoms with Gasteiger partial charge < -0.3 is 5.11 Å². The number of carbonyl (C=O) groups is 2. The molecule has 0 spiro atoms. The number of hydrogen-bond donors (Lipinski definition) is 1. The fourth-order valence-electron chi connectivity index (χ4n) is 2.16. The third-order valence-electron chi connectivity index (χ3n) is 3.40. The molecular formula is C16H17N5O3. The lowest BCUT2D eigenvalue weighted by Crippen LogP contribution is -2.12. The molecule has 0 aliphatic heterocycles. The highest BCUT2D eigenvalue weighted by Gasteiger charge is 2.18. The van der Waals surface area contributed by atoms with Crippen LogP contribution in [0.1, 0.15) is 40.1 Å². The third kappa shape index (κ3) is 3.60. The molecule has 1 N–H and O–H groups in total. The minimum atomic E-state index is -1.04. The van der Waals surface area contributed by atoms with E-state index in [9.17, 15) is 9.59 Å². The summed E-state index contributed by atoms with van der Waals surface area (Å²) in [6, 6.07) is 0. The van der Waals surface area contributed by atoms with E-state index in [2.05, 4.69) is 26.8 Å². The molecule has 0 saturated heterocycles. The van der Waals surface area contributed by atoms with Gasteiger partial charge >= 0.3 is 5.97 Å². The Labute approximate surface area is 138 Å². The predicted molar refractivity (Wildman–Crippen MR) is 88.8 cm³/mol. The van der Waals surface area contributed by atoms with Gasteiger partial charge in [-0.3, -0.25) is 19.3 Å². The van der Waals surface area contributed by atoms with Gasteiger partial charge in [0.25, 0.3) is 0 Å². The highest BCUT2D eigenvalue weighted by atomic mass is 16.4. The van der Waals surface area contributed by atoms with Crippen LogP contribution in [0.15, 0.2) is 17.4 Å². The normalized spacial score (nSPS) is 11.4. The highest BCUT2D eigenvalue weighted by Crippen LogP contribution is 2.23. The molecule has 2 aromatic heterocycles. The maximum Gasteiger partial charge on any atom is 0.325 e. The predicted octanol–water partition coefficient (Wildman–Crippen LogP) is 1.78. The molecule has 0 amide bonds. The SMILES string of the molecule is C=N/C(=C\c1c(C(C)=O)nn(CC(=O)O)c1C)c1cnc(C)nc1. The van der Waals surface area contributed by atoms with Crippen molar-refractivity contribution in [2.24, 2.45) is 4.99 Å². The van der Waals surface area contributed by atoms with E-state index in [1.165, 1.54) is 11.6 Å². The average molecular weight is 327 g/mol. The van der Waals surface area contributed by atoms with Crippen LogP contribution in [-0.4, -0.2) is 43.3 Å². The summed E-state index contributed by atoms with van der Waals surface area (Å²) in [4.78, 5) is 35.0. The largest absolute Gasteiger partial charge is 0.480 e. The Morgan fingerprint density at radius 2 is 1.96 bits per heavy atom. The summed E-state index contributed by atoms with van der Waals surface area (Å²) in [7, 11) is 0. The van der Waals surface area contributed by atoms with Crippen molar-refractivity contribution in [1.82, 2.24) is 19.7 Å². The van der Waals surface area contributed by atoms with Crippen LogP contribution in [0.25, 0.3) is 11.8 Å². The molecule has 2 rings (SSSR count). The van der Waals surface area contributed by atoms with E-state index in [-0.39, 0.29) is 18.0 Å². The molecule has 0 aliphatic rings. The highest BCUT2D eigenvalue weighted by molar-refractivity contribution is 5.98. The smallest absolute Gasteiger partial charge is 0.325 e. The van der Waals surface area contributed by atoms with E-state index in [0.29, 0.717) is 28.3 Å². The Morgan fingerprint density at radius 1 is 1.33 bits per heavy atom. The van der Waals surface area contributed by atoms with Crippen molar-refractivity contribution < 1.29 is 14.7 Å². The van der Waals surface area contributed by atoms with E-state index in [1.807, 2.05) is 0 Å². The first-order valence-corrected chi connectivity index (χ1v) is 7.11. The Bertz CT molecular complexity index is 834. The Balaban J connectivity index is 2.58. The summed E-state index contributed by atoms with van der Waals surface area (Å²) in [5.41, 5.74) is 2.34. The second-order valence-electron chi connectivity index (χ2n) is 5.16. The number of ketones is 1. The maximum atomic E-state index is 11.8. The van der Waals surface area contributed by atoms with Gasteiger partial charge in [-0.25, -0.2) is 9.97 Å². The number of aliphatic imine (C=N–C) groups is 1. The second kappa shape index (κ2) is 6.95. The van der Waals surface area contributed by atoms with Gasteiger partial charge in [-0.1, -0.05) is 0 Å². The molecule has 0 saturated carbocycles. The molecule has 24 heavy (non-hydrogen) atoms. The van der Waals surface area contributed by atoms with Crippen LogP contribution in [-0.2, 0) is 11.3 Å². The lowest BCUT2D eigenvalue weighted by molar-refractivity contribution is -0.137. The minimum Gasteiger partial charge on any atom is -0.480 e. The number of aryl methyl sites for hydroxylation is 1. The van der Waals surface area contributed by atoms with E-state index in [0.717, 1.165) is 0 Å². The number of Topliss-reactive ketones (excluding diaryl/α,β-unsaturated/α-hetero) is 1. The maximum absolute atomic E-state index is 11.8. The van der Waals surface area contributed by atoms with Gasteiger partial charge in [0.2, 0.25) is 0 Å². The van der Waals surface area contributed by atoms with Crippen molar-refractivity contribution in [3.63, 3.8) is 0 Å². The van der Waals surface area contributed by atoms with Crippen LogP contribution in [0.4, 0.5) is 0 Å². The first-order chi connectivity index (χ1) is 11.3. The summed E-state index contributed by atoms with van der Waals surface area (Å²) in [5.74, 6) is -0.686. The van der Waals surface area contributed by atoms with E-state index >= 15 is 0 Å². The van der Waals surface area contributed by atoms with Crippen molar-refractivity contribution in [3.8, 4) is 0 Å². The lowest BCUT2D eigenvalue weighted by atomic mass is 10.1. The standard InChI is InChI=1S/C16H17N5O3/c1-9-13(16(10(2)22)20-21(9)8-15(23)24)5-14(17-4)12-6-18-11(3)19-7-12/h5-7H,4,8H2,1-3H3,(H,23,24)/b14-5-. The van der Waals surface area contributed by atoms with Crippen LogP contribution >= 0.6 is 0 Å². The number of carboxylic acids is 1. The number of aliphatic carboxylic acids is 1. The molecular weight excluding hydrogens is 310 g/mol. The molecule has 2 aromatic rings. The molecule has 0 atom stereocenters. The first kappa shape index (κ1) is 17.2. The van der Waals surface area contributed by atoms with Gasteiger partial charge in [0.05, 0.1) is 5.70 Å². The van der Waals surface area contributed by atoms with E-state index in [4.69, 9.17) is 5.11 Å². The van der Waals surface area contributed by atoms with Crippen molar-refractivity contribution in [2.45, 2.75) is 27.3 Å². The van der Waals surface area contributed by atoms with Gasteiger partial charge in [-0.05, 0) is 26.6 Å². The molecule has 2 heterocycles. The topological polar surface area (TPSA) is 110 Å². The van der Waals surface area contributed by atoms with Crippen LogP contribution in [0, 0.1) is 13.8 Å². The van der Waals surface area contributed by atoms with E-state index < -0.39 is 5.97 Å². The molecule has 8 heteroatoms. The zero-order valence-electron chi connectivity index (χ0n) is 13.6. The summed E-state index contributed by atoms with van der Waals surface area (Å²) in [6.07, 6.45) is 4.85. The third-order valence-corrected chi connectivity index (χ3v) is 3.40. The number of nitrogens with zero attached hydrogens (tertiary/aromatic N) is 5. The Morgan fingerprint density at radius 3 is 2.46 bits per heavy atom. The first-order valence-electron chi connectivity index (χ1n) is 7.11. The average Bonchev–Trinajstić information content (AvgIpc) is 2.82. The zero-order valence-corrected chi connectivity index (χ0v) is 13.6. The molecule has 0 fully saturated rings. The van der Waals surface area contributed by atoms with Gasteiger partial charge in [0, 0.05) is 36.1 Å². The molecule has 0 radical (unpaired) electrons. The Kier molecular flexibility index (Phi) is 4.98. The van der Waals surface area contributed by atoms with E-state index in [1.54, 1.807) is 32.3 Å². The van der Waals surface area contributed by atoms with Gasteiger partial charge in [-0.15, -0.1) is 0 Å². The minimum absolute atomic E-state index is 0.183. The fourth-order valence-corrected chi connectivity index (χ4v) is 2.16. The van der Waals surface area contributed by atoms with Crippen molar-refractivity contribution in [2.75, 3.05) is 0 Å². The number of carbonyl (C=O) groups excluding carboxylic acids is 1. The molecule has 124 valence electrons. The van der Waals surface area contributed by atoms with Crippen molar-refractivity contribution in [1.29, 1.82) is 0 Å². The molecule has 8 nitrogen and oxygen atoms in total. The zero-order chi connectivity index (χ0) is 17.9. The Hall–Kier alpha value is -3.16. The second-order valence-corrected chi connectivity index (χ2v) is 5.16.